The highest BCUT2D eigenvalue weighted by molar-refractivity contribution is 6.40. The predicted molar refractivity (Wildman–Crippen MR) is 91.6 cm³/mol. The molecule has 0 aromatic heterocycles. The minimum absolute atomic E-state index is 0.0711. The van der Waals surface area contributed by atoms with Crippen molar-refractivity contribution >= 4 is 17.3 Å². The maximum absolute atomic E-state index is 12.5. The van der Waals surface area contributed by atoms with Gasteiger partial charge in [0, 0.05) is 24.7 Å². The SMILES string of the molecule is CO/N=C1\C[C@@]2(C)C(CC[C@@H]3[C@@H]2CC[C@]2(C)C(=O)CC[C@@H]32)CC1=O. The number of hydrogen-bond donors (Lipinski definition) is 0. The summed E-state index contributed by atoms with van der Waals surface area (Å²) in [5.41, 5.74) is 0.701. The molecule has 0 spiro atoms. The quantitative estimate of drug-likeness (QED) is 0.687. The first kappa shape index (κ1) is 16.3. The summed E-state index contributed by atoms with van der Waals surface area (Å²) in [6.07, 6.45) is 7.72. The van der Waals surface area contributed by atoms with Gasteiger partial charge in [-0.15, -0.1) is 0 Å². The van der Waals surface area contributed by atoms with Gasteiger partial charge in [-0.1, -0.05) is 19.0 Å². The molecule has 4 nitrogen and oxygen atoms in total. The first-order valence-corrected chi connectivity index (χ1v) is 9.56. The van der Waals surface area contributed by atoms with Crippen LogP contribution in [-0.4, -0.2) is 24.4 Å². The molecule has 4 rings (SSSR count). The van der Waals surface area contributed by atoms with Gasteiger partial charge in [0.1, 0.15) is 18.6 Å². The fourth-order valence-corrected chi connectivity index (χ4v) is 6.91. The van der Waals surface area contributed by atoms with Crippen LogP contribution < -0.4 is 0 Å². The Labute approximate surface area is 144 Å². The summed E-state index contributed by atoms with van der Waals surface area (Å²) in [6.45, 7) is 4.60. The van der Waals surface area contributed by atoms with E-state index in [1.165, 1.54) is 13.5 Å². The van der Waals surface area contributed by atoms with E-state index in [-0.39, 0.29) is 16.6 Å². The third-order valence-corrected chi connectivity index (χ3v) is 8.28. The van der Waals surface area contributed by atoms with Crippen LogP contribution in [0.2, 0.25) is 0 Å². The molecule has 0 bridgehead atoms. The van der Waals surface area contributed by atoms with Crippen molar-refractivity contribution in [2.45, 2.75) is 65.2 Å². The van der Waals surface area contributed by atoms with Crippen LogP contribution in [0.3, 0.4) is 0 Å². The second kappa shape index (κ2) is 5.40. The van der Waals surface area contributed by atoms with Crippen LogP contribution in [0, 0.1) is 34.5 Å². The first-order valence-electron chi connectivity index (χ1n) is 9.56. The summed E-state index contributed by atoms with van der Waals surface area (Å²) < 4.78 is 0. The zero-order valence-electron chi connectivity index (χ0n) is 15.1. The van der Waals surface area contributed by atoms with E-state index in [0.717, 1.165) is 38.5 Å². The van der Waals surface area contributed by atoms with Crippen LogP contribution in [0.15, 0.2) is 5.16 Å². The van der Waals surface area contributed by atoms with Gasteiger partial charge in [-0.25, -0.2) is 0 Å². The molecule has 0 N–H and O–H groups in total. The van der Waals surface area contributed by atoms with Gasteiger partial charge >= 0.3 is 0 Å². The van der Waals surface area contributed by atoms with Gasteiger partial charge in [-0.3, -0.25) is 9.59 Å². The van der Waals surface area contributed by atoms with Crippen molar-refractivity contribution in [3.63, 3.8) is 0 Å². The lowest BCUT2D eigenvalue weighted by Gasteiger charge is -2.59. The average Bonchev–Trinajstić information content (AvgIpc) is 2.85. The molecule has 1 unspecified atom stereocenters. The van der Waals surface area contributed by atoms with E-state index in [2.05, 4.69) is 19.0 Å². The second-order valence-corrected chi connectivity index (χ2v) is 9.10. The topological polar surface area (TPSA) is 55.7 Å². The smallest absolute Gasteiger partial charge is 0.180 e. The molecule has 24 heavy (non-hydrogen) atoms. The lowest BCUT2D eigenvalue weighted by atomic mass is 9.45. The van der Waals surface area contributed by atoms with Crippen LogP contribution in [0.5, 0.6) is 0 Å². The van der Waals surface area contributed by atoms with E-state index in [1.54, 1.807) is 0 Å². The molecule has 0 aliphatic heterocycles. The van der Waals surface area contributed by atoms with Crippen molar-refractivity contribution in [1.29, 1.82) is 0 Å². The Morgan fingerprint density at radius 2 is 1.88 bits per heavy atom. The van der Waals surface area contributed by atoms with E-state index in [4.69, 9.17) is 4.84 Å². The number of hydrogen-bond acceptors (Lipinski definition) is 4. The van der Waals surface area contributed by atoms with Crippen LogP contribution >= 0.6 is 0 Å². The molecule has 0 amide bonds. The van der Waals surface area contributed by atoms with Crippen LogP contribution in [0.1, 0.15) is 65.2 Å². The summed E-state index contributed by atoms with van der Waals surface area (Å²) in [7, 11) is 1.52. The average molecular weight is 331 g/mol. The highest BCUT2D eigenvalue weighted by Crippen LogP contribution is 2.64. The fourth-order valence-electron chi connectivity index (χ4n) is 6.91. The third kappa shape index (κ3) is 2.07. The van der Waals surface area contributed by atoms with Gasteiger partial charge in [-0.2, -0.15) is 0 Å². The summed E-state index contributed by atoms with van der Waals surface area (Å²) in [5.74, 6) is 2.97. The van der Waals surface area contributed by atoms with Crippen molar-refractivity contribution in [2.24, 2.45) is 39.7 Å². The van der Waals surface area contributed by atoms with Crippen molar-refractivity contribution in [1.82, 2.24) is 0 Å². The molecule has 6 atom stereocenters. The van der Waals surface area contributed by atoms with Crippen LogP contribution in [0.25, 0.3) is 0 Å². The third-order valence-electron chi connectivity index (χ3n) is 8.28. The number of carbonyl (C=O) groups excluding carboxylic acids is 2. The summed E-state index contributed by atoms with van der Waals surface area (Å²) in [5, 5.41) is 4.04. The highest BCUT2D eigenvalue weighted by Gasteiger charge is 2.60. The number of Topliss-reactive ketones (excluding diaryl/α,β-unsaturated/α-hetero) is 2. The maximum Gasteiger partial charge on any atom is 0.180 e. The van der Waals surface area contributed by atoms with Gasteiger partial charge < -0.3 is 4.84 Å². The monoisotopic (exact) mass is 331 g/mol. The molecule has 132 valence electrons. The van der Waals surface area contributed by atoms with Gasteiger partial charge in [0.25, 0.3) is 0 Å². The summed E-state index contributed by atoms with van der Waals surface area (Å²) >= 11 is 0. The Kier molecular flexibility index (Phi) is 3.67. The van der Waals surface area contributed by atoms with Crippen LogP contribution in [0.4, 0.5) is 0 Å². The zero-order chi connectivity index (χ0) is 17.1. The number of nitrogens with zero attached hydrogens (tertiary/aromatic N) is 1. The molecule has 4 aliphatic rings. The Morgan fingerprint density at radius 1 is 1.08 bits per heavy atom. The van der Waals surface area contributed by atoms with Crippen molar-refractivity contribution in [2.75, 3.05) is 7.11 Å². The number of rotatable bonds is 1. The Bertz CT molecular complexity index is 612. The first-order chi connectivity index (χ1) is 11.4. The molecule has 4 saturated carbocycles. The fraction of sp³-hybridized carbons (Fsp3) is 0.850. The van der Waals surface area contributed by atoms with Gasteiger partial charge in [-0.05, 0) is 61.2 Å². The van der Waals surface area contributed by atoms with E-state index >= 15 is 0 Å². The van der Waals surface area contributed by atoms with E-state index in [0.29, 0.717) is 41.6 Å². The van der Waals surface area contributed by atoms with E-state index in [1.807, 2.05) is 0 Å². The van der Waals surface area contributed by atoms with Crippen molar-refractivity contribution in [3.8, 4) is 0 Å². The minimum Gasteiger partial charge on any atom is -0.399 e. The molecule has 0 aromatic carbocycles. The van der Waals surface area contributed by atoms with Crippen LogP contribution in [-0.2, 0) is 14.4 Å². The van der Waals surface area contributed by atoms with E-state index in [9.17, 15) is 9.59 Å². The minimum atomic E-state index is -0.0711. The normalized spacial score (nSPS) is 49.5. The largest absolute Gasteiger partial charge is 0.399 e. The Morgan fingerprint density at radius 3 is 2.62 bits per heavy atom. The molecule has 4 fully saturated rings. The Hall–Kier alpha value is -1.19. The summed E-state index contributed by atoms with van der Waals surface area (Å²) in [6, 6.07) is 0. The molecular weight excluding hydrogens is 302 g/mol. The number of fused-ring (bicyclic) bond motifs is 5. The number of oxime groups is 1. The molecular formula is C20H29NO3. The highest BCUT2D eigenvalue weighted by atomic mass is 16.6. The Balaban J connectivity index is 1.66. The second-order valence-electron chi connectivity index (χ2n) is 9.10. The standard InChI is InChI=1S/C20H29NO3/c1-19-9-8-15-13(14(19)6-7-18(19)23)5-4-12-10-17(22)16(21-24-3)11-20(12,15)2/h12-15H,4-11H2,1-3H3/b21-16+/t12?,13-,14-,15-,19-,20-/m0/s1. The summed E-state index contributed by atoms with van der Waals surface area (Å²) in [4.78, 5) is 29.8. The van der Waals surface area contributed by atoms with Gasteiger partial charge in [0.05, 0.1) is 0 Å². The molecule has 0 heterocycles. The maximum atomic E-state index is 12.5. The van der Waals surface area contributed by atoms with Crippen molar-refractivity contribution < 1.29 is 14.4 Å². The number of ketones is 2. The zero-order valence-corrected chi connectivity index (χ0v) is 15.1. The lowest BCUT2D eigenvalue weighted by molar-refractivity contribution is -0.138. The van der Waals surface area contributed by atoms with E-state index < -0.39 is 0 Å². The predicted octanol–water partition coefficient (Wildman–Crippen LogP) is 3.78. The molecule has 4 aliphatic carbocycles. The van der Waals surface area contributed by atoms with Crippen molar-refractivity contribution in [3.05, 3.63) is 0 Å². The van der Waals surface area contributed by atoms with Gasteiger partial charge in [0.2, 0.25) is 0 Å². The molecule has 0 saturated heterocycles. The molecule has 4 heteroatoms. The van der Waals surface area contributed by atoms with Gasteiger partial charge in [0.15, 0.2) is 5.78 Å². The number of carbonyl (C=O) groups is 2. The lowest BCUT2D eigenvalue weighted by Crippen LogP contribution is -2.55. The molecule has 0 aromatic rings. The molecule has 0 radical (unpaired) electrons.